The lowest BCUT2D eigenvalue weighted by Crippen LogP contribution is -2.21. The first-order valence-corrected chi connectivity index (χ1v) is 6.45. The minimum absolute atomic E-state index is 0.175. The molecule has 0 radical (unpaired) electrons. The molecule has 0 aromatic heterocycles. The first kappa shape index (κ1) is 12.7. The predicted molar refractivity (Wildman–Crippen MR) is 67.2 cm³/mol. The normalized spacial score (nSPS) is 19.5. The Morgan fingerprint density at radius 3 is 3.06 bits per heavy atom. The van der Waals surface area contributed by atoms with Crippen LogP contribution in [0.3, 0.4) is 0 Å². The zero-order valence-corrected chi connectivity index (χ0v) is 10.5. The number of ether oxygens (including phenoxy) is 1. The lowest BCUT2D eigenvalue weighted by molar-refractivity contribution is 0.285. The first-order chi connectivity index (χ1) is 8.27. The van der Waals surface area contributed by atoms with E-state index >= 15 is 0 Å². The van der Waals surface area contributed by atoms with Crippen molar-refractivity contribution in [2.75, 3.05) is 13.2 Å². The van der Waals surface area contributed by atoms with E-state index in [4.69, 9.17) is 16.3 Å². The molecule has 0 bridgehead atoms. The summed E-state index contributed by atoms with van der Waals surface area (Å²) >= 11 is 5.86. The topological polar surface area (TPSA) is 21.3 Å². The second-order valence-corrected chi connectivity index (χ2v) is 4.74. The summed E-state index contributed by atoms with van der Waals surface area (Å²) in [5, 5.41) is 3.76. The fraction of sp³-hybridized carbons (Fsp3) is 0.538. The molecular weight excluding hydrogens is 241 g/mol. The Bertz CT molecular complexity index is 346. The molecule has 4 heteroatoms. The Balaban J connectivity index is 1.74. The molecule has 0 spiro atoms. The molecule has 1 fully saturated rings. The van der Waals surface area contributed by atoms with E-state index in [0.29, 0.717) is 17.7 Å². The molecule has 1 aromatic rings. The molecular formula is C13H17ClFNO. The van der Waals surface area contributed by atoms with Crippen LogP contribution in [0.25, 0.3) is 0 Å². The number of halogens is 2. The van der Waals surface area contributed by atoms with Crippen molar-refractivity contribution in [3.8, 4) is 5.75 Å². The molecule has 1 aliphatic rings. The summed E-state index contributed by atoms with van der Waals surface area (Å²) in [5.74, 6) is -0.218. The molecule has 2 nitrogen and oxygen atoms in total. The highest BCUT2D eigenvalue weighted by molar-refractivity contribution is 6.32. The van der Waals surface area contributed by atoms with Gasteiger partial charge in [0.25, 0.3) is 0 Å². The van der Waals surface area contributed by atoms with Crippen LogP contribution in [0.2, 0.25) is 5.02 Å². The Kier molecular flexibility index (Phi) is 4.63. The number of rotatable bonds is 5. The average Bonchev–Trinajstić information content (AvgIpc) is 2.80. The van der Waals surface area contributed by atoms with Crippen molar-refractivity contribution in [1.82, 2.24) is 5.32 Å². The van der Waals surface area contributed by atoms with Crippen LogP contribution in [0.4, 0.5) is 4.39 Å². The van der Waals surface area contributed by atoms with Crippen LogP contribution in [0, 0.1) is 5.82 Å². The summed E-state index contributed by atoms with van der Waals surface area (Å²) in [4.78, 5) is 0. The van der Waals surface area contributed by atoms with E-state index in [1.807, 2.05) is 0 Å². The second-order valence-electron chi connectivity index (χ2n) is 4.33. The van der Waals surface area contributed by atoms with Crippen LogP contribution in [0.5, 0.6) is 5.75 Å². The molecule has 17 heavy (non-hydrogen) atoms. The van der Waals surface area contributed by atoms with Gasteiger partial charge in [-0.2, -0.15) is 0 Å². The summed E-state index contributed by atoms with van der Waals surface area (Å²) in [7, 11) is 0. The first-order valence-electron chi connectivity index (χ1n) is 6.07. The van der Waals surface area contributed by atoms with E-state index in [0.717, 1.165) is 19.4 Å². The third-order valence-electron chi connectivity index (χ3n) is 3.02. The molecule has 1 heterocycles. The number of para-hydroxylation sites is 1. The molecule has 1 N–H and O–H groups in total. The highest BCUT2D eigenvalue weighted by Gasteiger charge is 2.13. The van der Waals surface area contributed by atoms with E-state index in [1.165, 1.54) is 18.9 Å². The molecule has 0 amide bonds. The third kappa shape index (κ3) is 3.58. The molecule has 1 aliphatic heterocycles. The molecule has 94 valence electrons. The van der Waals surface area contributed by atoms with Crippen molar-refractivity contribution in [2.24, 2.45) is 0 Å². The number of hydrogen-bond donors (Lipinski definition) is 1. The van der Waals surface area contributed by atoms with Gasteiger partial charge in [0.2, 0.25) is 0 Å². The summed E-state index contributed by atoms with van der Waals surface area (Å²) < 4.78 is 18.7. The number of nitrogens with one attached hydrogen (secondary N) is 1. The van der Waals surface area contributed by atoms with E-state index in [1.54, 1.807) is 12.1 Å². The molecule has 1 saturated heterocycles. The molecule has 2 rings (SSSR count). The zero-order valence-electron chi connectivity index (χ0n) is 9.72. The Labute approximate surface area is 106 Å². The predicted octanol–water partition coefficient (Wildman–Crippen LogP) is 3.39. The van der Waals surface area contributed by atoms with Gasteiger partial charge in [-0.1, -0.05) is 17.7 Å². The molecule has 1 unspecified atom stereocenters. The van der Waals surface area contributed by atoms with Gasteiger partial charge in [-0.25, -0.2) is 4.39 Å². The van der Waals surface area contributed by atoms with E-state index < -0.39 is 5.82 Å². The molecule has 0 aliphatic carbocycles. The monoisotopic (exact) mass is 257 g/mol. The summed E-state index contributed by atoms with van der Waals surface area (Å²) in [6.45, 7) is 1.63. The van der Waals surface area contributed by atoms with Gasteiger partial charge in [0.15, 0.2) is 11.6 Å². The van der Waals surface area contributed by atoms with E-state index in [-0.39, 0.29) is 5.75 Å². The zero-order chi connectivity index (χ0) is 12.1. The van der Waals surface area contributed by atoms with Crippen LogP contribution in [-0.4, -0.2) is 19.2 Å². The summed E-state index contributed by atoms with van der Waals surface area (Å²) in [6, 6.07) is 5.18. The van der Waals surface area contributed by atoms with Gasteiger partial charge < -0.3 is 10.1 Å². The fourth-order valence-electron chi connectivity index (χ4n) is 2.13. The van der Waals surface area contributed by atoms with Crippen molar-refractivity contribution < 1.29 is 9.13 Å². The molecule has 0 saturated carbocycles. The van der Waals surface area contributed by atoms with Crippen molar-refractivity contribution in [2.45, 2.75) is 31.7 Å². The van der Waals surface area contributed by atoms with Crippen LogP contribution in [0.1, 0.15) is 25.7 Å². The largest absolute Gasteiger partial charge is 0.489 e. The van der Waals surface area contributed by atoms with Crippen molar-refractivity contribution >= 4 is 11.6 Å². The highest BCUT2D eigenvalue weighted by atomic mass is 35.5. The maximum Gasteiger partial charge on any atom is 0.173 e. The Morgan fingerprint density at radius 1 is 1.47 bits per heavy atom. The standard InChI is InChI=1S/C13H17ClFNO/c14-11-6-1-7-12(15)13(11)17-9-3-5-10-4-2-8-16-10/h1,6-7,10,16H,2-5,8-9H2. The van der Waals surface area contributed by atoms with Crippen molar-refractivity contribution in [3.05, 3.63) is 29.0 Å². The second kappa shape index (κ2) is 6.22. The van der Waals surface area contributed by atoms with Crippen LogP contribution in [-0.2, 0) is 0 Å². The van der Waals surface area contributed by atoms with Crippen LogP contribution < -0.4 is 10.1 Å². The van der Waals surface area contributed by atoms with Crippen LogP contribution >= 0.6 is 11.6 Å². The van der Waals surface area contributed by atoms with Gasteiger partial charge in [-0.3, -0.25) is 0 Å². The highest BCUT2D eigenvalue weighted by Crippen LogP contribution is 2.27. The average molecular weight is 258 g/mol. The van der Waals surface area contributed by atoms with Gasteiger partial charge >= 0.3 is 0 Å². The number of benzene rings is 1. The van der Waals surface area contributed by atoms with Gasteiger partial charge in [0.1, 0.15) is 0 Å². The SMILES string of the molecule is Fc1cccc(Cl)c1OCCCC1CCCN1. The minimum Gasteiger partial charge on any atom is -0.489 e. The van der Waals surface area contributed by atoms with Gasteiger partial charge in [-0.15, -0.1) is 0 Å². The summed E-state index contributed by atoms with van der Waals surface area (Å²) in [6.07, 6.45) is 4.49. The lowest BCUT2D eigenvalue weighted by Gasteiger charge is -2.11. The Hall–Kier alpha value is -0.800. The van der Waals surface area contributed by atoms with E-state index in [2.05, 4.69) is 5.32 Å². The minimum atomic E-state index is -0.392. The lowest BCUT2D eigenvalue weighted by atomic mass is 10.1. The fourth-order valence-corrected chi connectivity index (χ4v) is 2.35. The smallest absolute Gasteiger partial charge is 0.173 e. The van der Waals surface area contributed by atoms with Crippen molar-refractivity contribution in [1.29, 1.82) is 0 Å². The third-order valence-corrected chi connectivity index (χ3v) is 3.32. The van der Waals surface area contributed by atoms with Gasteiger partial charge in [0, 0.05) is 6.04 Å². The van der Waals surface area contributed by atoms with Gasteiger partial charge in [0.05, 0.1) is 11.6 Å². The van der Waals surface area contributed by atoms with Crippen molar-refractivity contribution in [3.63, 3.8) is 0 Å². The maximum absolute atomic E-state index is 13.4. The number of hydrogen-bond acceptors (Lipinski definition) is 2. The van der Waals surface area contributed by atoms with Gasteiger partial charge in [-0.05, 0) is 44.4 Å². The van der Waals surface area contributed by atoms with Crippen LogP contribution in [0.15, 0.2) is 18.2 Å². The quantitative estimate of drug-likeness (QED) is 0.817. The maximum atomic E-state index is 13.4. The molecule has 1 atom stereocenters. The Morgan fingerprint density at radius 2 is 2.35 bits per heavy atom. The van der Waals surface area contributed by atoms with E-state index in [9.17, 15) is 4.39 Å². The molecule has 1 aromatic carbocycles. The summed E-state index contributed by atoms with van der Waals surface area (Å²) in [5.41, 5.74) is 0.